The highest BCUT2D eigenvalue weighted by Gasteiger charge is 2.68. The summed E-state index contributed by atoms with van der Waals surface area (Å²) >= 11 is 0. The summed E-state index contributed by atoms with van der Waals surface area (Å²) in [5.41, 5.74) is -0.959. The molecule has 0 amide bonds. The van der Waals surface area contributed by atoms with Gasteiger partial charge < -0.3 is 75.1 Å². The van der Waals surface area contributed by atoms with E-state index in [9.17, 15) is 56.2 Å². The van der Waals surface area contributed by atoms with Crippen LogP contribution in [0.4, 0.5) is 0 Å². The van der Waals surface area contributed by atoms with Gasteiger partial charge in [0.2, 0.25) is 0 Å². The van der Waals surface area contributed by atoms with E-state index in [2.05, 4.69) is 40.7 Å². The van der Waals surface area contributed by atoms with Gasteiger partial charge in [-0.25, -0.2) is 0 Å². The van der Waals surface area contributed by atoms with E-state index in [1.54, 1.807) is 0 Å². The van der Waals surface area contributed by atoms with E-state index in [4.69, 9.17) is 18.9 Å². The van der Waals surface area contributed by atoms with E-state index in [-0.39, 0.29) is 34.0 Å². The molecule has 0 aromatic heterocycles. The molecule has 3 saturated carbocycles. The molecule has 21 atom stereocenters. The Morgan fingerprint density at radius 2 is 1.35 bits per heavy atom. The summed E-state index contributed by atoms with van der Waals surface area (Å²) in [5, 5.41) is 116. The maximum Gasteiger partial charge on any atom is 0.187 e. The monoisotopic (exact) mass is 816 g/mol. The third-order valence-electron chi connectivity index (χ3n) is 16.7. The summed E-state index contributed by atoms with van der Waals surface area (Å²) < 4.78 is 23.6. The Morgan fingerprint density at radius 1 is 0.754 bits per heavy atom. The van der Waals surface area contributed by atoms with Gasteiger partial charge in [0.15, 0.2) is 12.6 Å². The quantitative estimate of drug-likeness (QED) is 0.124. The van der Waals surface area contributed by atoms with E-state index in [0.29, 0.717) is 12.3 Å². The minimum Gasteiger partial charge on any atom is -0.394 e. The lowest BCUT2D eigenvalue weighted by atomic mass is 9.39. The molecule has 6 aliphatic rings. The molecule has 6 rings (SSSR count). The molecule has 0 bridgehead atoms. The average molecular weight is 817 g/mol. The molecule has 2 heterocycles. The zero-order valence-corrected chi connectivity index (χ0v) is 34.9. The molecule has 0 spiro atoms. The zero-order valence-electron chi connectivity index (χ0n) is 34.9. The lowest BCUT2D eigenvalue weighted by Gasteiger charge is -2.66. The van der Waals surface area contributed by atoms with Gasteiger partial charge in [0.1, 0.15) is 61.0 Å². The molecule has 2 saturated heterocycles. The van der Waals surface area contributed by atoms with Crippen LogP contribution in [0.3, 0.4) is 0 Å². The number of hydrogen-bond acceptors (Lipinski definition) is 15. The van der Waals surface area contributed by atoms with Crippen LogP contribution in [0, 0.1) is 45.3 Å². The number of rotatable bonds is 11. The molecule has 0 aromatic rings. The Labute approximate surface area is 336 Å². The van der Waals surface area contributed by atoms with Crippen LogP contribution in [0.25, 0.3) is 0 Å². The van der Waals surface area contributed by atoms with E-state index >= 15 is 0 Å². The second kappa shape index (κ2) is 16.1. The number of allylic oxidation sites excluding steroid dienone is 1. The van der Waals surface area contributed by atoms with Gasteiger partial charge in [-0.15, -0.1) is 0 Å². The van der Waals surface area contributed by atoms with Crippen LogP contribution in [0.5, 0.6) is 0 Å². The minimum atomic E-state index is -1.67. The number of hydrogen-bond donors (Lipinski definition) is 11. The number of aliphatic hydroxyl groups is 11. The van der Waals surface area contributed by atoms with Gasteiger partial charge >= 0.3 is 0 Å². The smallest absolute Gasteiger partial charge is 0.187 e. The van der Waals surface area contributed by atoms with Crippen LogP contribution in [-0.4, -0.2) is 161 Å². The molecule has 15 nitrogen and oxygen atoms in total. The largest absolute Gasteiger partial charge is 0.394 e. The van der Waals surface area contributed by atoms with Crippen molar-refractivity contribution in [2.75, 3.05) is 13.2 Å². The van der Waals surface area contributed by atoms with Crippen molar-refractivity contribution < 1.29 is 75.1 Å². The summed E-state index contributed by atoms with van der Waals surface area (Å²) in [4.78, 5) is 0. The van der Waals surface area contributed by atoms with Crippen LogP contribution < -0.4 is 0 Å². The molecule has 4 aliphatic carbocycles. The molecule has 2 aliphatic heterocycles. The number of aliphatic hydroxyl groups excluding tert-OH is 10. The highest BCUT2D eigenvalue weighted by Crippen LogP contribution is 2.75. The molecule has 1 unspecified atom stereocenters. The molecule has 15 heteroatoms. The van der Waals surface area contributed by atoms with Gasteiger partial charge in [-0.2, -0.15) is 0 Å². The fourth-order valence-corrected chi connectivity index (χ4v) is 12.7. The molecular weight excluding hydrogens is 744 g/mol. The zero-order chi connectivity index (χ0) is 42.4. The van der Waals surface area contributed by atoms with Gasteiger partial charge in [0.05, 0.1) is 31.0 Å². The Morgan fingerprint density at radius 3 is 1.96 bits per heavy atom. The van der Waals surface area contributed by atoms with Crippen molar-refractivity contribution in [3.63, 3.8) is 0 Å². The SMILES string of the molecule is C[C@H]([C@H](O)[C@@H](O)[C@@H](O)C(C)(C)O)[C@H]1CC[C@@]2(C)C3CC=C4[C@H](CC[C@@H](O[C@@H]5O[C@H](CO[C@@H]6O[C@H](CO)[C@@H](O)[C@H](O)[C@H]6O)[C@@H](O)[C@H](O)[C@H]5O)C4(C)C)[C@@]3(C)CC[C@]12C. The van der Waals surface area contributed by atoms with Gasteiger partial charge in [0.25, 0.3) is 0 Å². The maximum absolute atomic E-state index is 11.4. The molecule has 0 radical (unpaired) electrons. The fraction of sp³-hybridized carbons (Fsp3) is 0.952. The van der Waals surface area contributed by atoms with E-state index in [0.717, 1.165) is 38.5 Å². The normalized spacial score (nSPS) is 49.5. The molecule has 5 fully saturated rings. The predicted molar refractivity (Wildman–Crippen MR) is 204 cm³/mol. The molecular formula is C42H72O15. The van der Waals surface area contributed by atoms with Crippen LogP contribution in [0.1, 0.15) is 100 Å². The van der Waals surface area contributed by atoms with Crippen LogP contribution in [0.15, 0.2) is 11.6 Å². The second-order valence-electron chi connectivity index (χ2n) is 20.4. The number of fused-ring (bicyclic) bond motifs is 5. The third kappa shape index (κ3) is 7.49. The van der Waals surface area contributed by atoms with Crippen molar-refractivity contribution in [2.24, 2.45) is 45.3 Å². The van der Waals surface area contributed by atoms with Gasteiger partial charge in [-0.05, 0) is 98.7 Å². The first-order valence-corrected chi connectivity index (χ1v) is 21.1. The second-order valence-corrected chi connectivity index (χ2v) is 20.4. The van der Waals surface area contributed by atoms with Crippen molar-refractivity contribution in [3.8, 4) is 0 Å². The predicted octanol–water partition coefficient (Wildman–Crippen LogP) is 0.0906. The fourth-order valence-electron chi connectivity index (χ4n) is 12.7. The van der Waals surface area contributed by atoms with E-state index < -0.39 is 110 Å². The van der Waals surface area contributed by atoms with Crippen molar-refractivity contribution >= 4 is 0 Å². The molecule has 11 N–H and O–H groups in total. The third-order valence-corrected chi connectivity index (χ3v) is 16.7. The topological polar surface area (TPSA) is 259 Å². The number of ether oxygens (including phenoxy) is 4. The lowest BCUT2D eigenvalue weighted by molar-refractivity contribution is -0.340. The summed E-state index contributed by atoms with van der Waals surface area (Å²) in [5.74, 6) is 0.434. The van der Waals surface area contributed by atoms with Crippen LogP contribution in [-0.2, 0) is 18.9 Å². The first-order valence-electron chi connectivity index (χ1n) is 21.1. The summed E-state index contributed by atoms with van der Waals surface area (Å²) in [7, 11) is 0. The highest BCUT2D eigenvalue weighted by molar-refractivity contribution is 5.30. The van der Waals surface area contributed by atoms with Gasteiger partial charge in [-0.1, -0.05) is 53.2 Å². The van der Waals surface area contributed by atoms with Crippen molar-refractivity contribution in [1.29, 1.82) is 0 Å². The molecule has 330 valence electrons. The van der Waals surface area contributed by atoms with Gasteiger partial charge in [0, 0.05) is 5.41 Å². The Hall–Kier alpha value is -0.860. The minimum absolute atomic E-state index is 0.0258. The van der Waals surface area contributed by atoms with E-state index in [1.165, 1.54) is 19.4 Å². The average Bonchev–Trinajstić information content (AvgIpc) is 3.43. The summed E-state index contributed by atoms with van der Waals surface area (Å²) in [6.45, 7) is 15.2. The Kier molecular flexibility index (Phi) is 12.9. The van der Waals surface area contributed by atoms with Crippen molar-refractivity contribution in [1.82, 2.24) is 0 Å². The van der Waals surface area contributed by atoms with E-state index in [1.807, 2.05) is 6.92 Å². The van der Waals surface area contributed by atoms with Crippen molar-refractivity contribution in [3.05, 3.63) is 11.6 Å². The Balaban J connectivity index is 1.15. The maximum atomic E-state index is 11.4. The first kappa shape index (κ1) is 45.7. The lowest BCUT2D eigenvalue weighted by Crippen LogP contribution is -2.63. The standard InChI is InChI=1S/C42H72O15/c1-19(27(44)32(49)35(52)39(4,5)53)20-13-14-42(8)25-11-9-21-22(40(25,6)15-16-41(20,42)7)10-12-26(38(21,2)3)57-37-34(51)31(48)29(46)24(56-37)18-54-36-33(50)30(47)28(45)23(17-43)55-36/h9,19-20,22-37,43-53H,10-18H2,1-8H3/t19-,20+,22-,23+,24+,25?,26+,27-,28+,29+,30-,31-,32+,33+,34+,35+,36+,37-,40+,41+,42-/m0/s1. The summed E-state index contributed by atoms with van der Waals surface area (Å²) in [6, 6.07) is 0. The van der Waals surface area contributed by atoms with Crippen LogP contribution >= 0.6 is 0 Å². The van der Waals surface area contributed by atoms with Crippen LogP contribution in [0.2, 0.25) is 0 Å². The molecule has 0 aromatic carbocycles. The van der Waals surface area contributed by atoms with Crippen molar-refractivity contribution in [2.45, 2.75) is 192 Å². The Bertz CT molecular complexity index is 1440. The summed E-state index contributed by atoms with van der Waals surface area (Å²) in [6.07, 6.45) is -11.0. The van der Waals surface area contributed by atoms with Gasteiger partial charge in [-0.3, -0.25) is 0 Å². The highest BCUT2D eigenvalue weighted by atomic mass is 16.7. The first-order chi connectivity index (χ1) is 26.4. The molecule has 57 heavy (non-hydrogen) atoms.